The number of anilines is 1. The first kappa shape index (κ1) is 13.8. The molecule has 0 spiro atoms. The molecule has 0 aliphatic heterocycles. The Bertz CT molecular complexity index is 786. The molecule has 2 heterocycles. The van der Waals surface area contributed by atoms with Crippen LogP contribution in [0.1, 0.15) is 13.3 Å². The maximum atomic E-state index is 13.3. The van der Waals surface area contributed by atoms with Gasteiger partial charge in [0.15, 0.2) is 5.65 Å². The Morgan fingerprint density at radius 1 is 1.33 bits per heavy atom. The normalized spacial score (nSPS) is 11.0. The van der Waals surface area contributed by atoms with Crippen molar-refractivity contribution in [1.29, 1.82) is 0 Å². The molecular formula is C14H13ClFN5. The van der Waals surface area contributed by atoms with E-state index in [9.17, 15) is 4.39 Å². The summed E-state index contributed by atoms with van der Waals surface area (Å²) in [5.41, 5.74) is 2.00. The molecule has 0 radical (unpaired) electrons. The lowest BCUT2D eigenvalue weighted by molar-refractivity contribution is 0.628. The summed E-state index contributed by atoms with van der Waals surface area (Å²) in [6, 6.07) is 4.51. The first-order valence-corrected chi connectivity index (χ1v) is 6.97. The maximum Gasteiger partial charge on any atom is 0.225 e. The summed E-state index contributed by atoms with van der Waals surface area (Å²) in [6.07, 6.45) is 2.60. The molecular weight excluding hydrogens is 293 g/mol. The van der Waals surface area contributed by atoms with E-state index in [1.165, 1.54) is 6.07 Å². The molecule has 108 valence electrons. The van der Waals surface area contributed by atoms with E-state index in [1.807, 2.05) is 0 Å². The van der Waals surface area contributed by atoms with Gasteiger partial charge in [-0.05, 0) is 24.6 Å². The van der Waals surface area contributed by atoms with Crippen LogP contribution in [0.2, 0.25) is 5.02 Å². The number of halogens is 2. The number of aromatic nitrogens is 4. The molecule has 2 N–H and O–H groups in total. The standard InChI is InChI=1S/C14H13ClFN5/c1-2-5-17-14-19-12(9-7-18-21-13(9)20-14)8-3-4-11(16)10(15)6-8/h3-4,6-7H,2,5H2,1H3,(H2,17,18,19,20,21). The van der Waals surface area contributed by atoms with Crippen molar-refractivity contribution in [2.24, 2.45) is 0 Å². The molecule has 0 saturated carbocycles. The Kier molecular flexibility index (Phi) is 3.70. The van der Waals surface area contributed by atoms with Gasteiger partial charge in [-0.25, -0.2) is 9.37 Å². The third-order valence-electron chi connectivity index (χ3n) is 3.04. The van der Waals surface area contributed by atoms with E-state index in [2.05, 4.69) is 32.4 Å². The molecule has 7 heteroatoms. The number of hydrogen-bond acceptors (Lipinski definition) is 4. The predicted molar refractivity (Wildman–Crippen MR) is 80.9 cm³/mol. The van der Waals surface area contributed by atoms with Crippen molar-refractivity contribution in [3.63, 3.8) is 0 Å². The lowest BCUT2D eigenvalue weighted by Gasteiger charge is -2.07. The zero-order chi connectivity index (χ0) is 14.8. The summed E-state index contributed by atoms with van der Waals surface area (Å²) in [7, 11) is 0. The second-order valence-electron chi connectivity index (χ2n) is 4.58. The van der Waals surface area contributed by atoms with E-state index in [-0.39, 0.29) is 5.02 Å². The molecule has 3 rings (SSSR count). The number of H-pyrrole nitrogens is 1. The second-order valence-corrected chi connectivity index (χ2v) is 4.99. The molecule has 0 fully saturated rings. The van der Waals surface area contributed by atoms with Gasteiger partial charge in [-0.1, -0.05) is 18.5 Å². The van der Waals surface area contributed by atoms with Crippen LogP contribution in [0.25, 0.3) is 22.3 Å². The van der Waals surface area contributed by atoms with Crippen LogP contribution in [0.4, 0.5) is 10.3 Å². The van der Waals surface area contributed by atoms with Crippen molar-refractivity contribution in [3.8, 4) is 11.3 Å². The van der Waals surface area contributed by atoms with Crippen LogP contribution in [-0.4, -0.2) is 26.7 Å². The second kappa shape index (κ2) is 5.65. The highest BCUT2D eigenvalue weighted by Gasteiger charge is 2.12. The first-order valence-electron chi connectivity index (χ1n) is 6.59. The number of benzene rings is 1. The molecule has 0 aliphatic carbocycles. The van der Waals surface area contributed by atoms with E-state index >= 15 is 0 Å². The predicted octanol–water partition coefficient (Wildman–Crippen LogP) is 3.63. The van der Waals surface area contributed by atoms with Crippen molar-refractivity contribution in [1.82, 2.24) is 20.2 Å². The fraction of sp³-hybridized carbons (Fsp3) is 0.214. The minimum Gasteiger partial charge on any atom is -0.354 e. The van der Waals surface area contributed by atoms with Crippen LogP contribution < -0.4 is 5.32 Å². The Labute approximate surface area is 125 Å². The topological polar surface area (TPSA) is 66.5 Å². The van der Waals surface area contributed by atoms with Gasteiger partial charge < -0.3 is 5.32 Å². The molecule has 5 nitrogen and oxygen atoms in total. The molecule has 0 saturated heterocycles. The van der Waals surface area contributed by atoms with Gasteiger partial charge in [0.1, 0.15) is 5.82 Å². The highest BCUT2D eigenvalue weighted by atomic mass is 35.5. The van der Waals surface area contributed by atoms with Gasteiger partial charge in [0.05, 0.1) is 22.3 Å². The van der Waals surface area contributed by atoms with Gasteiger partial charge in [0.25, 0.3) is 0 Å². The maximum absolute atomic E-state index is 13.3. The molecule has 0 bridgehead atoms. The summed E-state index contributed by atoms with van der Waals surface area (Å²) < 4.78 is 13.3. The summed E-state index contributed by atoms with van der Waals surface area (Å²) in [5.74, 6) is 0.0475. The van der Waals surface area contributed by atoms with Crippen LogP contribution in [0, 0.1) is 5.82 Å². The van der Waals surface area contributed by atoms with Crippen molar-refractivity contribution in [2.45, 2.75) is 13.3 Å². The van der Waals surface area contributed by atoms with Gasteiger partial charge in [-0.3, -0.25) is 5.10 Å². The van der Waals surface area contributed by atoms with Crippen LogP contribution >= 0.6 is 11.6 Å². The van der Waals surface area contributed by atoms with Crippen LogP contribution in [0.3, 0.4) is 0 Å². The molecule has 0 amide bonds. The number of hydrogen-bond donors (Lipinski definition) is 2. The Morgan fingerprint density at radius 2 is 2.19 bits per heavy atom. The average Bonchev–Trinajstić information content (AvgIpc) is 2.95. The lowest BCUT2D eigenvalue weighted by atomic mass is 10.1. The number of nitrogens with one attached hydrogen (secondary N) is 2. The summed E-state index contributed by atoms with van der Waals surface area (Å²) in [4.78, 5) is 8.84. The number of fused-ring (bicyclic) bond motifs is 1. The Hall–Kier alpha value is -2.21. The van der Waals surface area contributed by atoms with E-state index in [1.54, 1.807) is 18.3 Å². The minimum atomic E-state index is -0.456. The van der Waals surface area contributed by atoms with E-state index in [0.717, 1.165) is 23.9 Å². The van der Waals surface area contributed by atoms with Gasteiger partial charge in [-0.15, -0.1) is 0 Å². The third-order valence-corrected chi connectivity index (χ3v) is 3.33. The molecule has 2 aromatic heterocycles. The molecule has 0 aliphatic rings. The summed E-state index contributed by atoms with van der Waals surface area (Å²) >= 11 is 5.85. The zero-order valence-electron chi connectivity index (χ0n) is 11.3. The fourth-order valence-electron chi connectivity index (χ4n) is 2.01. The van der Waals surface area contributed by atoms with E-state index in [0.29, 0.717) is 17.3 Å². The van der Waals surface area contributed by atoms with Gasteiger partial charge in [0.2, 0.25) is 5.95 Å². The van der Waals surface area contributed by atoms with Crippen LogP contribution in [0.15, 0.2) is 24.4 Å². The smallest absolute Gasteiger partial charge is 0.225 e. The Balaban J connectivity index is 2.14. The molecule has 21 heavy (non-hydrogen) atoms. The summed E-state index contributed by atoms with van der Waals surface area (Å²) in [6.45, 7) is 2.83. The van der Waals surface area contributed by atoms with E-state index < -0.39 is 5.82 Å². The lowest BCUT2D eigenvalue weighted by Crippen LogP contribution is -2.05. The fourth-order valence-corrected chi connectivity index (χ4v) is 2.19. The minimum absolute atomic E-state index is 0.0609. The number of nitrogens with zero attached hydrogens (tertiary/aromatic N) is 3. The monoisotopic (exact) mass is 305 g/mol. The molecule has 0 unspecified atom stereocenters. The van der Waals surface area contributed by atoms with Gasteiger partial charge in [0, 0.05) is 12.1 Å². The van der Waals surface area contributed by atoms with Crippen molar-refractivity contribution < 1.29 is 4.39 Å². The van der Waals surface area contributed by atoms with E-state index in [4.69, 9.17) is 11.6 Å². The molecule has 0 atom stereocenters. The van der Waals surface area contributed by atoms with Crippen LogP contribution in [-0.2, 0) is 0 Å². The SMILES string of the molecule is CCCNc1nc(-c2ccc(F)c(Cl)c2)c2cn[nH]c2n1. The summed E-state index contributed by atoms with van der Waals surface area (Å²) in [5, 5.41) is 10.8. The van der Waals surface area contributed by atoms with Gasteiger partial charge in [-0.2, -0.15) is 10.1 Å². The average molecular weight is 306 g/mol. The van der Waals surface area contributed by atoms with Gasteiger partial charge >= 0.3 is 0 Å². The zero-order valence-corrected chi connectivity index (χ0v) is 12.1. The van der Waals surface area contributed by atoms with Crippen molar-refractivity contribution in [3.05, 3.63) is 35.2 Å². The quantitative estimate of drug-likeness (QED) is 0.772. The largest absolute Gasteiger partial charge is 0.354 e. The number of aromatic amines is 1. The first-order chi connectivity index (χ1) is 10.2. The van der Waals surface area contributed by atoms with Crippen molar-refractivity contribution >= 4 is 28.6 Å². The molecule has 3 aromatic rings. The third kappa shape index (κ3) is 2.67. The van der Waals surface area contributed by atoms with Crippen molar-refractivity contribution in [2.75, 3.05) is 11.9 Å². The number of rotatable bonds is 4. The highest BCUT2D eigenvalue weighted by Crippen LogP contribution is 2.29. The Morgan fingerprint density at radius 3 is 2.95 bits per heavy atom. The highest BCUT2D eigenvalue weighted by molar-refractivity contribution is 6.31. The van der Waals surface area contributed by atoms with Crippen LogP contribution in [0.5, 0.6) is 0 Å². The molecule has 1 aromatic carbocycles.